The molecule has 0 aliphatic heterocycles. The maximum atomic E-state index is 11.8. The van der Waals surface area contributed by atoms with E-state index in [1.165, 1.54) is 0 Å². The molecule has 1 saturated carbocycles. The molecule has 1 atom stereocenters. The second kappa shape index (κ2) is 6.23. The Bertz CT molecular complexity index is 342. The van der Waals surface area contributed by atoms with Crippen LogP contribution in [0.3, 0.4) is 0 Å². The molecule has 2 amide bonds. The smallest absolute Gasteiger partial charge is 0.317 e. The lowest BCUT2D eigenvalue weighted by atomic mass is 9.82. The fourth-order valence-electron chi connectivity index (χ4n) is 2.08. The monoisotopic (exact) mass is 272 g/mol. The number of carboxylic acid groups (broad SMARTS) is 1. The number of carbonyl (C=O) groups excluding carboxylic acids is 1. The summed E-state index contributed by atoms with van der Waals surface area (Å²) in [5.74, 6) is -0.553. The van der Waals surface area contributed by atoms with Crippen molar-refractivity contribution in [3.63, 3.8) is 0 Å². The number of carboxylic acids is 1. The van der Waals surface area contributed by atoms with Crippen molar-refractivity contribution in [2.45, 2.75) is 39.2 Å². The second-order valence-corrected chi connectivity index (χ2v) is 5.75. The molecule has 19 heavy (non-hydrogen) atoms. The van der Waals surface area contributed by atoms with Gasteiger partial charge in [-0.15, -0.1) is 0 Å². The number of aliphatic hydroxyl groups excluding tert-OH is 1. The SMILES string of the molecule is CCC(C)(CNC(=O)N(C)CC1CC(O)C1)C(=O)O. The van der Waals surface area contributed by atoms with Crippen LogP contribution in [0, 0.1) is 11.3 Å². The molecule has 0 aromatic carbocycles. The maximum absolute atomic E-state index is 11.8. The largest absolute Gasteiger partial charge is 0.481 e. The van der Waals surface area contributed by atoms with Gasteiger partial charge in [0, 0.05) is 20.1 Å². The van der Waals surface area contributed by atoms with Gasteiger partial charge in [-0.25, -0.2) is 4.79 Å². The number of amides is 2. The van der Waals surface area contributed by atoms with Crippen LogP contribution in [0.15, 0.2) is 0 Å². The van der Waals surface area contributed by atoms with Crippen molar-refractivity contribution in [3.8, 4) is 0 Å². The van der Waals surface area contributed by atoms with Crippen molar-refractivity contribution < 1.29 is 19.8 Å². The van der Waals surface area contributed by atoms with Gasteiger partial charge in [0.1, 0.15) is 0 Å². The predicted molar refractivity (Wildman–Crippen MR) is 70.8 cm³/mol. The van der Waals surface area contributed by atoms with Crippen LogP contribution >= 0.6 is 0 Å². The van der Waals surface area contributed by atoms with E-state index in [0.717, 1.165) is 12.8 Å². The molecule has 1 aliphatic rings. The minimum absolute atomic E-state index is 0.120. The molecule has 1 fully saturated rings. The molecular formula is C13H24N2O4. The first-order valence-corrected chi connectivity index (χ1v) is 6.69. The average Bonchev–Trinajstić information content (AvgIpc) is 2.33. The van der Waals surface area contributed by atoms with Crippen molar-refractivity contribution in [2.75, 3.05) is 20.1 Å². The predicted octanol–water partition coefficient (Wildman–Crippen LogP) is 0.900. The summed E-state index contributed by atoms with van der Waals surface area (Å²) in [6.07, 6.45) is 1.71. The molecule has 1 aliphatic carbocycles. The van der Waals surface area contributed by atoms with Gasteiger partial charge in [-0.3, -0.25) is 4.79 Å². The van der Waals surface area contributed by atoms with Crippen molar-refractivity contribution in [1.29, 1.82) is 0 Å². The lowest BCUT2D eigenvalue weighted by Gasteiger charge is -2.34. The Morgan fingerprint density at radius 1 is 1.42 bits per heavy atom. The molecule has 0 heterocycles. The standard InChI is InChI=1S/C13H24N2O4/c1-4-13(2,11(17)18)8-14-12(19)15(3)7-9-5-10(16)6-9/h9-10,16H,4-8H2,1-3H3,(H,14,19)(H,17,18). The zero-order valence-electron chi connectivity index (χ0n) is 11.8. The molecule has 1 rings (SSSR count). The van der Waals surface area contributed by atoms with Crippen LogP contribution in [0.25, 0.3) is 0 Å². The van der Waals surface area contributed by atoms with Crippen molar-refractivity contribution in [2.24, 2.45) is 11.3 Å². The summed E-state index contributed by atoms with van der Waals surface area (Å²) in [5, 5.41) is 21.0. The van der Waals surface area contributed by atoms with Gasteiger partial charge in [-0.2, -0.15) is 0 Å². The lowest BCUT2D eigenvalue weighted by molar-refractivity contribution is -0.147. The van der Waals surface area contributed by atoms with Crippen LogP contribution in [0.2, 0.25) is 0 Å². The summed E-state index contributed by atoms with van der Waals surface area (Å²) in [5.41, 5.74) is -0.927. The Kier molecular flexibility index (Phi) is 5.17. The number of hydrogen-bond acceptors (Lipinski definition) is 3. The summed E-state index contributed by atoms with van der Waals surface area (Å²) in [6, 6.07) is -0.262. The topological polar surface area (TPSA) is 89.9 Å². The molecular weight excluding hydrogens is 248 g/mol. The van der Waals surface area contributed by atoms with Gasteiger partial charge >= 0.3 is 12.0 Å². The summed E-state index contributed by atoms with van der Waals surface area (Å²) in [4.78, 5) is 24.5. The average molecular weight is 272 g/mol. The Morgan fingerprint density at radius 2 is 2.00 bits per heavy atom. The molecule has 0 radical (unpaired) electrons. The molecule has 0 saturated heterocycles. The molecule has 6 heteroatoms. The number of urea groups is 1. The van der Waals surface area contributed by atoms with E-state index in [2.05, 4.69) is 5.32 Å². The summed E-state index contributed by atoms with van der Waals surface area (Å²) >= 11 is 0. The third kappa shape index (κ3) is 4.09. The highest BCUT2D eigenvalue weighted by Crippen LogP contribution is 2.27. The van der Waals surface area contributed by atoms with Gasteiger partial charge in [0.25, 0.3) is 0 Å². The Labute approximate surface area is 113 Å². The minimum atomic E-state index is -0.927. The van der Waals surface area contributed by atoms with Crippen molar-refractivity contribution in [1.82, 2.24) is 10.2 Å². The van der Waals surface area contributed by atoms with Gasteiger partial charge < -0.3 is 20.4 Å². The van der Waals surface area contributed by atoms with Crippen LogP contribution in [0.5, 0.6) is 0 Å². The fourth-order valence-corrected chi connectivity index (χ4v) is 2.08. The van der Waals surface area contributed by atoms with Crippen LogP contribution in [-0.4, -0.2) is 53.4 Å². The number of rotatable bonds is 6. The second-order valence-electron chi connectivity index (χ2n) is 5.75. The molecule has 0 aromatic rings. The van der Waals surface area contributed by atoms with Gasteiger partial charge in [-0.1, -0.05) is 6.92 Å². The maximum Gasteiger partial charge on any atom is 0.317 e. The van der Waals surface area contributed by atoms with Crippen molar-refractivity contribution >= 4 is 12.0 Å². The Morgan fingerprint density at radius 3 is 2.42 bits per heavy atom. The third-order valence-corrected chi connectivity index (χ3v) is 4.02. The number of hydrogen-bond donors (Lipinski definition) is 3. The van der Waals surface area contributed by atoms with Crippen LogP contribution in [0.4, 0.5) is 4.79 Å². The zero-order valence-corrected chi connectivity index (χ0v) is 11.8. The third-order valence-electron chi connectivity index (χ3n) is 4.02. The normalized spacial score (nSPS) is 25.1. The zero-order chi connectivity index (χ0) is 14.6. The first-order chi connectivity index (χ1) is 8.78. The Balaban J connectivity index is 2.35. The molecule has 0 bridgehead atoms. The van der Waals surface area contributed by atoms with E-state index in [0.29, 0.717) is 18.9 Å². The lowest BCUT2D eigenvalue weighted by Crippen LogP contribution is -2.47. The highest BCUT2D eigenvalue weighted by Gasteiger charge is 2.33. The summed E-state index contributed by atoms with van der Waals surface area (Å²) in [7, 11) is 1.68. The molecule has 0 aromatic heterocycles. The summed E-state index contributed by atoms with van der Waals surface area (Å²) in [6.45, 7) is 4.13. The first kappa shape index (κ1) is 15.8. The van der Waals surface area contributed by atoms with E-state index < -0.39 is 11.4 Å². The highest BCUT2D eigenvalue weighted by atomic mass is 16.4. The van der Waals surface area contributed by atoms with E-state index in [1.807, 2.05) is 0 Å². The number of aliphatic carboxylic acids is 1. The number of carbonyl (C=O) groups is 2. The number of nitrogens with one attached hydrogen (secondary N) is 1. The number of nitrogens with zero attached hydrogens (tertiary/aromatic N) is 1. The van der Waals surface area contributed by atoms with Gasteiger partial charge in [-0.05, 0) is 32.1 Å². The Hall–Kier alpha value is -1.30. The molecule has 3 N–H and O–H groups in total. The van der Waals surface area contributed by atoms with Crippen LogP contribution in [-0.2, 0) is 4.79 Å². The van der Waals surface area contributed by atoms with Crippen LogP contribution < -0.4 is 5.32 Å². The molecule has 6 nitrogen and oxygen atoms in total. The van der Waals surface area contributed by atoms with Gasteiger partial charge in [0.2, 0.25) is 0 Å². The quantitative estimate of drug-likeness (QED) is 0.670. The molecule has 110 valence electrons. The highest BCUT2D eigenvalue weighted by molar-refractivity contribution is 5.77. The van der Waals surface area contributed by atoms with E-state index in [4.69, 9.17) is 5.11 Å². The molecule has 1 unspecified atom stereocenters. The van der Waals surface area contributed by atoms with E-state index >= 15 is 0 Å². The first-order valence-electron chi connectivity index (χ1n) is 6.69. The van der Waals surface area contributed by atoms with Gasteiger partial charge in [0.15, 0.2) is 0 Å². The fraction of sp³-hybridized carbons (Fsp3) is 0.846. The minimum Gasteiger partial charge on any atom is -0.481 e. The van der Waals surface area contributed by atoms with E-state index in [1.54, 1.807) is 25.8 Å². The van der Waals surface area contributed by atoms with Gasteiger partial charge in [0.05, 0.1) is 11.5 Å². The van der Waals surface area contributed by atoms with Crippen molar-refractivity contribution in [3.05, 3.63) is 0 Å². The number of aliphatic hydroxyl groups is 1. The van der Waals surface area contributed by atoms with Crippen LogP contribution in [0.1, 0.15) is 33.1 Å². The van der Waals surface area contributed by atoms with E-state index in [9.17, 15) is 14.7 Å². The van der Waals surface area contributed by atoms with E-state index in [-0.39, 0.29) is 18.7 Å². The summed E-state index contributed by atoms with van der Waals surface area (Å²) < 4.78 is 0. The molecule has 0 spiro atoms.